The van der Waals surface area contributed by atoms with Crippen LogP contribution >= 0.6 is 15.9 Å². The Morgan fingerprint density at radius 3 is 2.82 bits per heavy atom. The number of alkyl halides is 1. The molecule has 0 aromatic carbocycles. The molecule has 28 heavy (non-hydrogen) atoms. The molecule has 3 saturated heterocycles. The first-order valence-corrected chi connectivity index (χ1v) is 11.0. The van der Waals surface area contributed by atoms with Gasteiger partial charge in [-0.1, -0.05) is 6.92 Å². The van der Waals surface area contributed by atoms with Gasteiger partial charge in [0.05, 0.1) is 6.04 Å². The van der Waals surface area contributed by atoms with Gasteiger partial charge in [-0.15, -0.1) is 0 Å². The summed E-state index contributed by atoms with van der Waals surface area (Å²) in [5.74, 6) is 0.592. The van der Waals surface area contributed by atoms with Gasteiger partial charge in [-0.2, -0.15) is 10.1 Å². The number of anilines is 1. The number of nitrogens with zero attached hydrogens (tertiary/aromatic N) is 5. The van der Waals surface area contributed by atoms with Crippen molar-refractivity contribution in [2.45, 2.75) is 69.9 Å². The van der Waals surface area contributed by atoms with E-state index in [1.165, 1.54) is 0 Å². The van der Waals surface area contributed by atoms with Crippen LogP contribution in [0.25, 0.3) is 11.0 Å². The van der Waals surface area contributed by atoms with E-state index in [0.29, 0.717) is 28.2 Å². The molecule has 0 radical (unpaired) electrons. The highest BCUT2D eigenvalue weighted by atomic mass is 79.9. The van der Waals surface area contributed by atoms with Crippen LogP contribution in [0.1, 0.15) is 51.7 Å². The molecule has 2 aromatic rings. The molecule has 2 aromatic heterocycles. The third-order valence-electron chi connectivity index (χ3n) is 6.63. The van der Waals surface area contributed by atoms with Crippen LogP contribution in [0, 0.1) is 5.92 Å². The molecule has 7 nitrogen and oxygen atoms in total. The maximum absolute atomic E-state index is 14.9. The smallest absolute Gasteiger partial charge is 0.266 e. The molecule has 0 aliphatic carbocycles. The first-order chi connectivity index (χ1) is 13.5. The first-order valence-electron chi connectivity index (χ1n) is 10.2. The van der Waals surface area contributed by atoms with Crippen molar-refractivity contribution < 1.29 is 9.13 Å². The normalized spacial score (nSPS) is 33.0. The van der Waals surface area contributed by atoms with Crippen LogP contribution in [-0.4, -0.2) is 44.2 Å². The second-order valence-corrected chi connectivity index (χ2v) is 9.15. The van der Waals surface area contributed by atoms with Gasteiger partial charge in [0.25, 0.3) is 5.56 Å². The fraction of sp³-hybridized carbons (Fsp3) is 0.737. The maximum Gasteiger partial charge on any atom is 0.266 e. The molecule has 1 unspecified atom stereocenters. The lowest BCUT2D eigenvalue weighted by Crippen LogP contribution is -2.51. The zero-order chi connectivity index (χ0) is 19.6. The molecule has 3 fully saturated rings. The van der Waals surface area contributed by atoms with E-state index in [2.05, 4.69) is 25.9 Å². The van der Waals surface area contributed by atoms with Gasteiger partial charge in [0.2, 0.25) is 5.95 Å². The number of aromatic nitrogens is 4. The number of fused-ring (bicyclic) bond motifs is 3. The monoisotopic (exact) mass is 453 g/mol. The number of ether oxygens (including phenoxy) is 1. The van der Waals surface area contributed by atoms with Crippen molar-refractivity contribution in [2.24, 2.45) is 13.0 Å². The van der Waals surface area contributed by atoms with Crippen molar-refractivity contribution in [3.63, 3.8) is 0 Å². The van der Waals surface area contributed by atoms with Crippen molar-refractivity contribution in [1.29, 1.82) is 0 Å². The van der Waals surface area contributed by atoms with E-state index in [9.17, 15) is 9.18 Å². The molecule has 0 saturated carbocycles. The van der Waals surface area contributed by atoms with Crippen LogP contribution in [0.3, 0.4) is 0 Å². The molecule has 2 bridgehead atoms. The van der Waals surface area contributed by atoms with Gasteiger partial charge in [-0.3, -0.25) is 9.36 Å². The van der Waals surface area contributed by atoms with E-state index >= 15 is 0 Å². The SMILES string of the molecule is C[C@H]1C[C@H]2CC[C@@H]([C@@H]1F)N2c1nc2c(c(Br)nn2C2CCCCO2)c(=O)n1C. The van der Waals surface area contributed by atoms with Gasteiger partial charge in [-0.05, 0) is 60.4 Å². The van der Waals surface area contributed by atoms with E-state index in [0.717, 1.165) is 38.5 Å². The topological polar surface area (TPSA) is 65.2 Å². The van der Waals surface area contributed by atoms with Gasteiger partial charge in [-0.25, -0.2) is 9.07 Å². The maximum atomic E-state index is 14.9. The highest BCUT2D eigenvalue weighted by Gasteiger charge is 2.47. The van der Waals surface area contributed by atoms with Crippen LogP contribution < -0.4 is 10.5 Å². The standard InChI is InChI=1S/C19H25BrFN5O2/c1-10-9-11-6-7-12(15(10)21)25(11)19-22-17-14(18(27)24(19)2)16(20)23-26(17)13-5-3-4-8-28-13/h10-13,15H,3-9H2,1-2H3/t10-,11+,12-,13?,15+/m0/s1. The molecule has 3 aliphatic rings. The first kappa shape index (κ1) is 18.5. The summed E-state index contributed by atoms with van der Waals surface area (Å²) in [5.41, 5.74) is 0.354. The van der Waals surface area contributed by atoms with Gasteiger partial charge in [0.15, 0.2) is 11.9 Å². The zero-order valence-corrected chi connectivity index (χ0v) is 17.7. The Balaban J connectivity index is 1.66. The average molecular weight is 454 g/mol. The minimum atomic E-state index is -0.898. The Morgan fingerprint density at radius 2 is 2.07 bits per heavy atom. The fourth-order valence-corrected chi connectivity index (χ4v) is 5.69. The summed E-state index contributed by atoms with van der Waals surface area (Å²) in [6.45, 7) is 2.66. The zero-order valence-electron chi connectivity index (χ0n) is 16.1. The number of piperidine rings is 1. The Kier molecular flexibility index (Phi) is 4.50. The highest BCUT2D eigenvalue weighted by Crippen LogP contribution is 2.42. The summed E-state index contributed by atoms with van der Waals surface area (Å²) in [6.07, 6.45) is 4.35. The average Bonchev–Trinajstić information content (AvgIpc) is 3.21. The van der Waals surface area contributed by atoms with E-state index in [1.807, 2.05) is 6.92 Å². The molecular formula is C19H25BrFN5O2. The predicted octanol–water partition coefficient (Wildman–Crippen LogP) is 3.31. The van der Waals surface area contributed by atoms with Crippen LogP contribution in [0.15, 0.2) is 9.40 Å². The molecule has 5 rings (SSSR count). The molecule has 152 valence electrons. The summed E-state index contributed by atoms with van der Waals surface area (Å²) in [4.78, 5) is 20.1. The third kappa shape index (κ3) is 2.65. The number of hydrogen-bond acceptors (Lipinski definition) is 5. The number of halogens is 2. The minimum absolute atomic E-state index is 0.0461. The molecule has 9 heteroatoms. The summed E-state index contributed by atoms with van der Waals surface area (Å²) in [6, 6.07) is 0.0170. The van der Waals surface area contributed by atoms with Crippen molar-refractivity contribution in [2.75, 3.05) is 11.5 Å². The van der Waals surface area contributed by atoms with Crippen molar-refractivity contribution >= 4 is 32.9 Å². The van der Waals surface area contributed by atoms with Crippen LogP contribution in [-0.2, 0) is 11.8 Å². The third-order valence-corrected chi connectivity index (χ3v) is 7.18. The Morgan fingerprint density at radius 1 is 1.25 bits per heavy atom. The molecule has 0 amide bonds. The van der Waals surface area contributed by atoms with Crippen LogP contribution in [0.4, 0.5) is 10.3 Å². The van der Waals surface area contributed by atoms with Crippen molar-refractivity contribution in [3.8, 4) is 0 Å². The lowest BCUT2D eigenvalue weighted by atomic mass is 9.91. The lowest BCUT2D eigenvalue weighted by molar-refractivity contribution is -0.0371. The molecule has 5 heterocycles. The molecule has 0 N–H and O–H groups in total. The van der Waals surface area contributed by atoms with E-state index in [1.54, 1.807) is 16.3 Å². The number of rotatable bonds is 2. The molecule has 3 aliphatic heterocycles. The molecule has 5 atom stereocenters. The Bertz CT molecular complexity index is 969. The molecular weight excluding hydrogens is 429 g/mol. The van der Waals surface area contributed by atoms with Gasteiger partial charge in [0.1, 0.15) is 16.2 Å². The van der Waals surface area contributed by atoms with E-state index < -0.39 is 6.17 Å². The summed E-state index contributed by atoms with van der Waals surface area (Å²) >= 11 is 3.43. The van der Waals surface area contributed by atoms with Gasteiger partial charge >= 0.3 is 0 Å². The van der Waals surface area contributed by atoms with Crippen molar-refractivity contribution in [1.82, 2.24) is 19.3 Å². The van der Waals surface area contributed by atoms with E-state index in [-0.39, 0.29) is 29.8 Å². The second kappa shape index (κ2) is 6.79. The fourth-order valence-electron chi connectivity index (χ4n) is 5.17. The second-order valence-electron chi connectivity index (χ2n) is 8.39. The Hall–Kier alpha value is -1.48. The van der Waals surface area contributed by atoms with E-state index in [4.69, 9.17) is 9.72 Å². The van der Waals surface area contributed by atoms with Gasteiger partial charge in [0, 0.05) is 19.7 Å². The predicted molar refractivity (Wildman–Crippen MR) is 107 cm³/mol. The summed E-state index contributed by atoms with van der Waals surface area (Å²) in [7, 11) is 1.72. The quantitative estimate of drug-likeness (QED) is 0.697. The lowest BCUT2D eigenvalue weighted by Gasteiger charge is -2.41. The molecule has 0 spiro atoms. The number of hydrogen-bond donors (Lipinski definition) is 0. The Labute approximate surface area is 171 Å². The highest BCUT2D eigenvalue weighted by molar-refractivity contribution is 9.10. The summed E-state index contributed by atoms with van der Waals surface area (Å²) in [5, 5.41) is 4.98. The van der Waals surface area contributed by atoms with Crippen LogP contribution in [0.5, 0.6) is 0 Å². The van der Waals surface area contributed by atoms with Gasteiger partial charge < -0.3 is 9.64 Å². The minimum Gasteiger partial charge on any atom is -0.356 e. The van der Waals surface area contributed by atoms with Crippen LogP contribution in [0.2, 0.25) is 0 Å². The largest absolute Gasteiger partial charge is 0.356 e. The van der Waals surface area contributed by atoms with Crippen molar-refractivity contribution in [3.05, 3.63) is 15.0 Å². The summed E-state index contributed by atoms with van der Waals surface area (Å²) < 4.78 is 24.6.